The van der Waals surface area contributed by atoms with Crippen LogP contribution in [0, 0.1) is 0 Å². The van der Waals surface area contributed by atoms with E-state index in [1.54, 1.807) is 4.90 Å². The fraction of sp³-hybridized carbons (Fsp3) is 0.727. The molecule has 0 radical (unpaired) electrons. The summed E-state index contributed by atoms with van der Waals surface area (Å²) in [6.07, 6.45) is 1.99. The quantitative estimate of drug-likeness (QED) is 0.725. The second-order valence-electron chi connectivity index (χ2n) is 4.90. The average molecular weight is 316 g/mol. The highest BCUT2D eigenvalue weighted by Crippen LogP contribution is 2.09. The van der Waals surface area contributed by atoms with Crippen LogP contribution in [0.2, 0.25) is 0 Å². The van der Waals surface area contributed by atoms with Crippen LogP contribution in [0.25, 0.3) is 0 Å². The summed E-state index contributed by atoms with van der Waals surface area (Å²) < 4.78 is 26.7. The van der Waals surface area contributed by atoms with Crippen LogP contribution in [0.5, 0.6) is 0 Å². The molecule has 0 atom stereocenters. The summed E-state index contributed by atoms with van der Waals surface area (Å²) in [5.41, 5.74) is 5.39. The molecule has 0 spiro atoms. The van der Waals surface area contributed by atoms with E-state index in [-0.39, 0.29) is 24.2 Å². The number of nitrogens with two attached hydrogens (primary N) is 1. The van der Waals surface area contributed by atoms with E-state index in [4.69, 9.17) is 5.73 Å². The SMILES string of the molecule is CCCS(=O)(=O)N1CCN(C(=O)Cn2cnc(N)n2)CC1. The molecule has 1 aliphatic rings. The molecule has 9 nitrogen and oxygen atoms in total. The Hall–Kier alpha value is -1.68. The largest absolute Gasteiger partial charge is 0.367 e. The Labute approximate surface area is 123 Å². The summed E-state index contributed by atoms with van der Waals surface area (Å²) in [5.74, 6) is 0.157. The number of nitrogens with zero attached hydrogens (tertiary/aromatic N) is 5. The number of carbonyl (C=O) groups is 1. The molecule has 2 heterocycles. The monoisotopic (exact) mass is 316 g/mol. The molecule has 0 saturated carbocycles. The molecule has 1 aromatic rings. The minimum atomic E-state index is -3.19. The van der Waals surface area contributed by atoms with Crippen LogP contribution in [0.4, 0.5) is 5.95 Å². The van der Waals surface area contributed by atoms with Crippen molar-refractivity contribution >= 4 is 21.9 Å². The molecule has 1 aliphatic heterocycles. The summed E-state index contributed by atoms with van der Waals surface area (Å²) >= 11 is 0. The first-order chi connectivity index (χ1) is 9.92. The van der Waals surface area contributed by atoms with E-state index >= 15 is 0 Å². The van der Waals surface area contributed by atoms with E-state index in [1.165, 1.54) is 15.3 Å². The predicted molar refractivity (Wildman–Crippen MR) is 76.7 cm³/mol. The summed E-state index contributed by atoms with van der Waals surface area (Å²) in [7, 11) is -3.19. The number of amides is 1. The Balaban J connectivity index is 1.87. The zero-order valence-corrected chi connectivity index (χ0v) is 12.8. The zero-order valence-electron chi connectivity index (χ0n) is 12.0. The molecule has 1 aromatic heterocycles. The van der Waals surface area contributed by atoms with Gasteiger partial charge < -0.3 is 10.6 Å². The maximum atomic E-state index is 12.1. The van der Waals surface area contributed by atoms with Crippen LogP contribution in [0.1, 0.15) is 13.3 Å². The summed E-state index contributed by atoms with van der Waals surface area (Å²) in [4.78, 5) is 17.5. The topological polar surface area (TPSA) is 114 Å². The lowest BCUT2D eigenvalue weighted by atomic mass is 10.3. The second kappa shape index (κ2) is 6.39. The third-order valence-corrected chi connectivity index (χ3v) is 5.37. The number of aromatic nitrogens is 3. The van der Waals surface area contributed by atoms with Crippen LogP contribution in [0.15, 0.2) is 6.33 Å². The van der Waals surface area contributed by atoms with E-state index in [2.05, 4.69) is 10.1 Å². The molecule has 0 aliphatic carbocycles. The molecular weight excluding hydrogens is 296 g/mol. The second-order valence-corrected chi connectivity index (χ2v) is 6.98. The maximum Gasteiger partial charge on any atom is 0.244 e. The van der Waals surface area contributed by atoms with Gasteiger partial charge in [-0.1, -0.05) is 6.92 Å². The van der Waals surface area contributed by atoms with Gasteiger partial charge in [0.05, 0.1) is 5.75 Å². The van der Waals surface area contributed by atoms with E-state index in [1.807, 2.05) is 6.92 Å². The van der Waals surface area contributed by atoms with Gasteiger partial charge in [0.2, 0.25) is 21.9 Å². The van der Waals surface area contributed by atoms with Crippen LogP contribution in [-0.4, -0.2) is 70.2 Å². The molecular formula is C11H20N6O3S. The van der Waals surface area contributed by atoms with E-state index in [0.29, 0.717) is 32.6 Å². The van der Waals surface area contributed by atoms with Crippen molar-refractivity contribution in [3.05, 3.63) is 6.33 Å². The first-order valence-electron chi connectivity index (χ1n) is 6.83. The Morgan fingerprint density at radius 1 is 1.33 bits per heavy atom. The van der Waals surface area contributed by atoms with Crippen molar-refractivity contribution in [2.24, 2.45) is 0 Å². The number of hydrogen-bond donors (Lipinski definition) is 1. The van der Waals surface area contributed by atoms with Crippen molar-refractivity contribution in [1.82, 2.24) is 24.0 Å². The average Bonchev–Trinajstić information content (AvgIpc) is 2.84. The summed E-state index contributed by atoms with van der Waals surface area (Å²) in [5, 5.41) is 3.85. The molecule has 1 fully saturated rings. The molecule has 0 aromatic carbocycles. The van der Waals surface area contributed by atoms with Gasteiger partial charge in [0.25, 0.3) is 0 Å². The lowest BCUT2D eigenvalue weighted by Gasteiger charge is -2.33. The number of piperazine rings is 1. The van der Waals surface area contributed by atoms with Gasteiger partial charge in [0, 0.05) is 26.2 Å². The first-order valence-corrected chi connectivity index (χ1v) is 8.44. The normalized spacial score (nSPS) is 17.1. The molecule has 10 heteroatoms. The number of hydrogen-bond acceptors (Lipinski definition) is 6. The minimum Gasteiger partial charge on any atom is -0.367 e. The molecule has 0 bridgehead atoms. The smallest absolute Gasteiger partial charge is 0.244 e. The Kier molecular flexibility index (Phi) is 4.78. The fourth-order valence-electron chi connectivity index (χ4n) is 2.23. The first kappa shape index (κ1) is 15.7. The van der Waals surface area contributed by atoms with Gasteiger partial charge in [-0.15, -0.1) is 5.10 Å². The number of carbonyl (C=O) groups excluding carboxylic acids is 1. The minimum absolute atomic E-state index is 0.0614. The molecule has 1 saturated heterocycles. The van der Waals surface area contributed by atoms with Crippen molar-refractivity contribution in [3.8, 4) is 0 Å². The fourth-order valence-corrected chi connectivity index (χ4v) is 3.72. The molecule has 0 unspecified atom stereocenters. The van der Waals surface area contributed by atoms with E-state index in [9.17, 15) is 13.2 Å². The van der Waals surface area contributed by atoms with Crippen molar-refractivity contribution in [2.75, 3.05) is 37.7 Å². The third-order valence-electron chi connectivity index (χ3n) is 3.30. The van der Waals surface area contributed by atoms with Gasteiger partial charge in [-0.05, 0) is 6.42 Å². The molecule has 1 amide bonds. The number of nitrogen functional groups attached to an aromatic ring is 1. The van der Waals surface area contributed by atoms with Crippen molar-refractivity contribution in [2.45, 2.75) is 19.9 Å². The van der Waals surface area contributed by atoms with Gasteiger partial charge in [-0.25, -0.2) is 18.1 Å². The highest BCUT2D eigenvalue weighted by Gasteiger charge is 2.28. The Morgan fingerprint density at radius 3 is 2.52 bits per heavy atom. The highest BCUT2D eigenvalue weighted by molar-refractivity contribution is 7.89. The van der Waals surface area contributed by atoms with Crippen molar-refractivity contribution in [3.63, 3.8) is 0 Å². The van der Waals surface area contributed by atoms with Gasteiger partial charge >= 0.3 is 0 Å². The van der Waals surface area contributed by atoms with Gasteiger partial charge in [0.1, 0.15) is 12.9 Å². The lowest BCUT2D eigenvalue weighted by Crippen LogP contribution is -2.51. The van der Waals surface area contributed by atoms with Crippen LogP contribution < -0.4 is 5.73 Å². The van der Waals surface area contributed by atoms with Gasteiger partial charge in [-0.3, -0.25) is 4.79 Å². The van der Waals surface area contributed by atoms with E-state index in [0.717, 1.165) is 0 Å². The number of rotatable bonds is 5. The zero-order chi connectivity index (χ0) is 15.5. The lowest BCUT2D eigenvalue weighted by molar-refractivity contribution is -0.133. The standard InChI is InChI=1S/C11H20N6O3S/c1-2-7-21(19,20)17-5-3-15(4-6-17)10(18)8-16-9-13-11(12)14-16/h9H,2-8H2,1H3,(H2,12,14). The molecule has 21 heavy (non-hydrogen) atoms. The molecule has 2 rings (SSSR count). The molecule has 118 valence electrons. The summed E-state index contributed by atoms with van der Waals surface area (Å²) in [6, 6.07) is 0. The summed E-state index contributed by atoms with van der Waals surface area (Å²) in [6.45, 7) is 3.37. The predicted octanol–water partition coefficient (Wildman–Crippen LogP) is -1.26. The van der Waals surface area contributed by atoms with E-state index < -0.39 is 10.0 Å². The van der Waals surface area contributed by atoms with Gasteiger partial charge in [-0.2, -0.15) is 4.31 Å². The van der Waals surface area contributed by atoms with Crippen LogP contribution in [0.3, 0.4) is 0 Å². The Bertz CT molecular complexity index is 591. The maximum absolute atomic E-state index is 12.1. The number of anilines is 1. The van der Waals surface area contributed by atoms with Crippen molar-refractivity contribution in [1.29, 1.82) is 0 Å². The Morgan fingerprint density at radius 2 is 2.00 bits per heavy atom. The van der Waals surface area contributed by atoms with Crippen molar-refractivity contribution < 1.29 is 13.2 Å². The van der Waals surface area contributed by atoms with Gasteiger partial charge in [0.15, 0.2) is 0 Å². The molecule has 2 N–H and O–H groups in total. The number of sulfonamides is 1. The van der Waals surface area contributed by atoms with Crippen LogP contribution in [-0.2, 0) is 21.4 Å². The highest BCUT2D eigenvalue weighted by atomic mass is 32.2. The van der Waals surface area contributed by atoms with Crippen LogP contribution >= 0.6 is 0 Å². The third kappa shape index (κ3) is 3.91.